The van der Waals surface area contributed by atoms with Crippen LogP contribution in [0.15, 0.2) is 11.6 Å². The number of rotatable bonds is 6. The van der Waals surface area contributed by atoms with E-state index in [4.69, 9.17) is 4.74 Å². The molecule has 2 nitrogen and oxygen atoms in total. The summed E-state index contributed by atoms with van der Waals surface area (Å²) in [6.07, 6.45) is 5.13. The lowest BCUT2D eigenvalue weighted by Crippen LogP contribution is -2.15. The Morgan fingerprint density at radius 3 is 2.71 bits per heavy atom. The van der Waals surface area contributed by atoms with Crippen LogP contribution in [0.1, 0.15) is 53.9 Å². The van der Waals surface area contributed by atoms with Gasteiger partial charge in [0.25, 0.3) is 0 Å². The van der Waals surface area contributed by atoms with Crippen molar-refractivity contribution in [2.45, 2.75) is 53.9 Å². The quantitative estimate of drug-likeness (QED) is 0.517. The maximum atomic E-state index is 11.1. The predicted octanol–water partition coefficient (Wildman–Crippen LogP) is 3.96. The molecule has 1 aliphatic carbocycles. The minimum Gasteiger partial charge on any atom is -0.465 e. The molecular weight excluding hydrogens is 212 g/mol. The first-order valence-electron chi connectivity index (χ1n) is 6.68. The highest BCUT2D eigenvalue weighted by Gasteiger charge is 2.52. The average molecular weight is 238 g/mol. The van der Waals surface area contributed by atoms with Crippen LogP contribution in [-0.4, -0.2) is 12.6 Å². The van der Waals surface area contributed by atoms with Crippen molar-refractivity contribution in [3.63, 3.8) is 0 Å². The largest absolute Gasteiger partial charge is 0.465 e. The Morgan fingerprint density at radius 1 is 1.53 bits per heavy atom. The van der Waals surface area contributed by atoms with Crippen LogP contribution >= 0.6 is 0 Å². The van der Waals surface area contributed by atoms with Crippen molar-refractivity contribution in [1.29, 1.82) is 0 Å². The molecular formula is C15H26O2. The van der Waals surface area contributed by atoms with Crippen molar-refractivity contribution in [2.75, 3.05) is 6.61 Å². The van der Waals surface area contributed by atoms with Crippen LogP contribution in [0.2, 0.25) is 0 Å². The van der Waals surface area contributed by atoms with E-state index in [0.717, 1.165) is 6.42 Å². The second-order valence-electron chi connectivity index (χ2n) is 5.97. The van der Waals surface area contributed by atoms with Gasteiger partial charge in [-0.05, 0) is 38.5 Å². The van der Waals surface area contributed by atoms with Gasteiger partial charge in [-0.25, -0.2) is 0 Å². The molecule has 1 aliphatic rings. The Bertz CT molecular complexity index is 302. The average Bonchev–Trinajstić information content (AvgIpc) is 2.96. The number of esters is 1. The van der Waals surface area contributed by atoms with Crippen LogP contribution in [0.25, 0.3) is 0 Å². The number of hydrogen-bond acceptors (Lipinski definition) is 2. The van der Waals surface area contributed by atoms with Crippen LogP contribution in [0.5, 0.6) is 0 Å². The molecule has 0 saturated heterocycles. The second-order valence-corrected chi connectivity index (χ2v) is 5.97. The molecule has 1 fully saturated rings. The number of carbonyl (C=O) groups excluding carboxylic acids is 1. The Kier molecular flexibility index (Phi) is 4.79. The summed E-state index contributed by atoms with van der Waals surface area (Å²) in [7, 11) is 0. The Labute approximate surface area is 105 Å². The highest BCUT2D eigenvalue weighted by atomic mass is 16.5. The van der Waals surface area contributed by atoms with Gasteiger partial charge in [0.15, 0.2) is 0 Å². The lowest BCUT2D eigenvalue weighted by atomic mass is 9.94. The van der Waals surface area contributed by atoms with Gasteiger partial charge in [0.1, 0.15) is 0 Å². The third-order valence-corrected chi connectivity index (χ3v) is 3.86. The number of ether oxygens (including phenoxy) is 1. The number of carbonyl (C=O) groups is 1. The van der Waals surface area contributed by atoms with E-state index in [1.165, 1.54) is 12.0 Å². The van der Waals surface area contributed by atoms with Crippen molar-refractivity contribution >= 4 is 5.97 Å². The summed E-state index contributed by atoms with van der Waals surface area (Å²) in [5, 5.41) is 0. The van der Waals surface area contributed by atoms with Crippen molar-refractivity contribution in [3.8, 4) is 0 Å². The third kappa shape index (κ3) is 4.18. The van der Waals surface area contributed by atoms with Gasteiger partial charge in [-0.3, -0.25) is 4.79 Å². The first-order valence-corrected chi connectivity index (χ1v) is 6.68. The van der Waals surface area contributed by atoms with Crippen LogP contribution in [0, 0.1) is 17.3 Å². The molecule has 2 unspecified atom stereocenters. The number of hydrogen-bond donors (Lipinski definition) is 0. The molecule has 1 saturated carbocycles. The predicted molar refractivity (Wildman–Crippen MR) is 70.7 cm³/mol. The van der Waals surface area contributed by atoms with Crippen LogP contribution in [0.3, 0.4) is 0 Å². The zero-order valence-corrected chi connectivity index (χ0v) is 11.9. The van der Waals surface area contributed by atoms with Gasteiger partial charge < -0.3 is 4.74 Å². The minimum atomic E-state index is -0.0752. The monoisotopic (exact) mass is 238 g/mol. The molecule has 0 spiro atoms. The van der Waals surface area contributed by atoms with Gasteiger partial charge >= 0.3 is 5.97 Å². The SMILES string of the molecule is CCC(=O)OCC1(C)CC1[C@@H](C)CC=C(C)C. The van der Waals surface area contributed by atoms with Crippen LogP contribution in [0.4, 0.5) is 0 Å². The molecule has 0 aromatic heterocycles. The molecule has 0 heterocycles. The van der Waals surface area contributed by atoms with E-state index in [2.05, 4.69) is 33.8 Å². The van der Waals surface area contributed by atoms with Crippen LogP contribution < -0.4 is 0 Å². The van der Waals surface area contributed by atoms with Crippen molar-refractivity contribution in [1.82, 2.24) is 0 Å². The zero-order valence-electron chi connectivity index (χ0n) is 11.9. The maximum absolute atomic E-state index is 11.1. The molecule has 2 heteroatoms. The molecule has 17 heavy (non-hydrogen) atoms. The normalized spacial score (nSPS) is 28.4. The van der Waals surface area contributed by atoms with E-state index in [-0.39, 0.29) is 11.4 Å². The Morgan fingerprint density at radius 2 is 2.18 bits per heavy atom. The summed E-state index contributed by atoms with van der Waals surface area (Å²) in [5.41, 5.74) is 1.62. The Balaban J connectivity index is 2.35. The summed E-state index contributed by atoms with van der Waals surface area (Å²) in [6.45, 7) is 11.3. The fraction of sp³-hybridized carbons (Fsp3) is 0.800. The number of allylic oxidation sites excluding steroid dienone is 2. The molecule has 3 atom stereocenters. The van der Waals surface area contributed by atoms with Crippen molar-refractivity contribution in [2.24, 2.45) is 17.3 Å². The van der Waals surface area contributed by atoms with Gasteiger partial charge in [0.05, 0.1) is 6.61 Å². The Hall–Kier alpha value is -0.790. The summed E-state index contributed by atoms with van der Waals surface area (Å²) in [5.74, 6) is 1.33. The molecule has 1 rings (SSSR count). The van der Waals surface area contributed by atoms with Gasteiger partial charge in [0, 0.05) is 11.8 Å². The van der Waals surface area contributed by atoms with Crippen molar-refractivity contribution in [3.05, 3.63) is 11.6 Å². The van der Waals surface area contributed by atoms with Gasteiger partial charge in [-0.15, -0.1) is 0 Å². The minimum absolute atomic E-state index is 0.0752. The second kappa shape index (κ2) is 5.70. The molecule has 0 aromatic rings. The van der Waals surface area contributed by atoms with E-state index >= 15 is 0 Å². The molecule has 0 aromatic carbocycles. The van der Waals surface area contributed by atoms with Gasteiger partial charge in [0.2, 0.25) is 0 Å². The maximum Gasteiger partial charge on any atom is 0.305 e. The summed E-state index contributed by atoms with van der Waals surface area (Å²) in [6, 6.07) is 0. The van der Waals surface area contributed by atoms with Gasteiger partial charge in [-0.2, -0.15) is 0 Å². The summed E-state index contributed by atoms with van der Waals surface area (Å²) < 4.78 is 5.27. The zero-order chi connectivity index (χ0) is 13.1. The third-order valence-electron chi connectivity index (χ3n) is 3.86. The van der Waals surface area contributed by atoms with E-state index in [0.29, 0.717) is 24.9 Å². The van der Waals surface area contributed by atoms with E-state index in [1.54, 1.807) is 0 Å². The smallest absolute Gasteiger partial charge is 0.305 e. The van der Waals surface area contributed by atoms with Gasteiger partial charge in [-0.1, -0.05) is 32.4 Å². The van der Waals surface area contributed by atoms with Crippen LogP contribution in [-0.2, 0) is 9.53 Å². The highest BCUT2D eigenvalue weighted by Crippen LogP contribution is 2.57. The van der Waals surface area contributed by atoms with Crippen molar-refractivity contribution < 1.29 is 9.53 Å². The molecule has 0 aliphatic heterocycles. The first-order chi connectivity index (χ1) is 7.89. The lowest BCUT2D eigenvalue weighted by molar-refractivity contribution is -0.145. The first kappa shape index (κ1) is 14.3. The highest BCUT2D eigenvalue weighted by molar-refractivity contribution is 5.68. The van der Waals surface area contributed by atoms with E-state index in [1.807, 2.05) is 6.92 Å². The lowest BCUT2D eigenvalue weighted by Gasteiger charge is -2.15. The van der Waals surface area contributed by atoms with E-state index < -0.39 is 0 Å². The molecule has 0 radical (unpaired) electrons. The standard InChI is InChI=1S/C15H26O2/c1-6-14(16)17-10-15(5)9-13(15)12(4)8-7-11(2)3/h7,12-13H,6,8-10H2,1-5H3/t12-,13?,15?/m0/s1. The molecule has 0 N–H and O–H groups in total. The molecule has 0 amide bonds. The fourth-order valence-electron chi connectivity index (χ4n) is 2.43. The topological polar surface area (TPSA) is 26.3 Å². The molecule has 0 bridgehead atoms. The molecule has 98 valence electrons. The fourth-order valence-corrected chi connectivity index (χ4v) is 2.43. The van der Waals surface area contributed by atoms with E-state index in [9.17, 15) is 4.79 Å². The summed E-state index contributed by atoms with van der Waals surface area (Å²) >= 11 is 0. The summed E-state index contributed by atoms with van der Waals surface area (Å²) in [4.78, 5) is 11.1.